The molecule has 1 aromatic rings. The van der Waals surface area contributed by atoms with E-state index in [4.69, 9.17) is 5.11 Å². The normalized spacial score (nSPS) is 10.1. The van der Waals surface area contributed by atoms with Crippen molar-refractivity contribution in [1.29, 1.82) is 0 Å². The van der Waals surface area contributed by atoms with Gasteiger partial charge in [-0.2, -0.15) is 0 Å². The Hall–Kier alpha value is -1.63. The van der Waals surface area contributed by atoms with E-state index in [-0.39, 0.29) is 11.7 Å². The molecule has 18 heavy (non-hydrogen) atoms. The van der Waals surface area contributed by atoms with Crippen molar-refractivity contribution in [2.45, 2.75) is 13.8 Å². The summed E-state index contributed by atoms with van der Waals surface area (Å²) in [5.41, 5.74) is 1.09. The maximum atomic E-state index is 11.8. The van der Waals surface area contributed by atoms with Gasteiger partial charge in [-0.15, -0.1) is 11.8 Å². The lowest BCUT2D eigenvalue weighted by Gasteiger charge is -2.06. The monoisotopic (exact) mass is 269 g/mol. The van der Waals surface area contributed by atoms with E-state index in [9.17, 15) is 9.59 Å². The van der Waals surface area contributed by atoms with Gasteiger partial charge in [-0.3, -0.25) is 9.59 Å². The lowest BCUT2D eigenvalue weighted by molar-refractivity contribution is -0.133. The van der Waals surface area contributed by atoms with Crippen molar-refractivity contribution < 1.29 is 14.7 Å². The molecule has 0 saturated heterocycles. The predicted octanol–water partition coefficient (Wildman–Crippen LogP) is 0.641. The summed E-state index contributed by atoms with van der Waals surface area (Å²) in [7, 11) is 0. The van der Waals surface area contributed by atoms with Crippen molar-refractivity contribution in [1.82, 2.24) is 15.3 Å². The van der Waals surface area contributed by atoms with Crippen LogP contribution in [-0.2, 0) is 4.79 Å². The molecule has 1 aromatic heterocycles. The minimum Gasteiger partial charge on any atom is -0.481 e. The number of nitrogens with zero attached hydrogens (tertiary/aromatic N) is 2. The van der Waals surface area contributed by atoms with Crippen molar-refractivity contribution in [3.05, 3.63) is 23.3 Å². The summed E-state index contributed by atoms with van der Waals surface area (Å²) in [6, 6.07) is 0. The molecule has 1 amide bonds. The highest BCUT2D eigenvalue weighted by molar-refractivity contribution is 7.99. The molecule has 0 atom stereocenters. The Labute approximate surface area is 109 Å². The quantitative estimate of drug-likeness (QED) is 0.736. The lowest BCUT2D eigenvalue weighted by atomic mass is 10.2. The molecule has 1 heterocycles. The fourth-order valence-electron chi connectivity index (χ4n) is 1.30. The zero-order chi connectivity index (χ0) is 13.5. The van der Waals surface area contributed by atoms with E-state index in [1.165, 1.54) is 18.0 Å². The van der Waals surface area contributed by atoms with Crippen LogP contribution in [0.1, 0.15) is 21.9 Å². The fourth-order valence-corrected chi connectivity index (χ4v) is 1.86. The standard InChI is InChI=1S/C11H15N3O3S/c1-7-9(5-13-8(2)14-7)11(17)12-3-4-18-6-10(15)16/h5H,3-4,6H2,1-2H3,(H,12,17)(H,15,16). The van der Waals surface area contributed by atoms with Gasteiger partial charge >= 0.3 is 5.97 Å². The number of amides is 1. The lowest BCUT2D eigenvalue weighted by Crippen LogP contribution is -2.27. The second kappa shape index (κ2) is 6.95. The van der Waals surface area contributed by atoms with Gasteiger partial charge in [0.1, 0.15) is 5.82 Å². The molecule has 0 bridgehead atoms. The van der Waals surface area contributed by atoms with Crippen molar-refractivity contribution >= 4 is 23.6 Å². The second-order valence-electron chi connectivity index (χ2n) is 3.62. The van der Waals surface area contributed by atoms with E-state index in [1.807, 2.05) is 0 Å². The average Bonchev–Trinajstić information content (AvgIpc) is 2.27. The fraction of sp³-hybridized carbons (Fsp3) is 0.455. The molecule has 0 aliphatic heterocycles. The van der Waals surface area contributed by atoms with Crippen LogP contribution in [0.5, 0.6) is 0 Å². The first-order valence-electron chi connectivity index (χ1n) is 5.38. The Kier molecular flexibility index (Phi) is 5.57. The number of rotatable bonds is 6. The first kappa shape index (κ1) is 14.4. The molecule has 0 unspecified atom stereocenters. The molecule has 0 saturated carbocycles. The van der Waals surface area contributed by atoms with Gasteiger partial charge in [-0.1, -0.05) is 0 Å². The minimum atomic E-state index is -0.853. The van der Waals surface area contributed by atoms with E-state index in [1.54, 1.807) is 13.8 Å². The molecular formula is C11H15N3O3S. The number of aromatic nitrogens is 2. The van der Waals surface area contributed by atoms with Crippen LogP contribution in [0.15, 0.2) is 6.20 Å². The summed E-state index contributed by atoms with van der Waals surface area (Å²) in [6.45, 7) is 3.93. The maximum absolute atomic E-state index is 11.8. The molecule has 0 aliphatic carbocycles. The minimum absolute atomic E-state index is 0.0442. The third-order valence-electron chi connectivity index (χ3n) is 2.10. The van der Waals surface area contributed by atoms with Gasteiger partial charge in [0.05, 0.1) is 17.0 Å². The largest absolute Gasteiger partial charge is 0.481 e. The van der Waals surface area contributed by atoms with Gasteiger partial charge in [0, 0.05) is 18.5 Å². The summed E-state index contributed by atoms with van der Waals surface area (Å²) in [4.78, 5) is 30.1. The van der Waals surface area contributed by atoms with Crippen molar-refractivity contribution in [3.63, 3.8) is 0 Å². The number of carboxylic acid groups (broad SMARTS) is 1. The molecule has 98 valence electrons. The highest BCUT2D eigenvalue weighted by Gasteiger charge is 2.10. The molecular weight excluding hydrogens is 254 g/mol. The number of carboxylic acids is 1. The van der Waals surface area contributed by atoms with E-state index in [2.05, 4.69) is 15.3 Å². The summed E-state index contributed by atoms with van der Waals surface area (Å²) >= 11 is 1.26. The summed E-state index contributed by atoms with van der Waals surface area (Å²) < 4.78 is 0. The summed E-state index contributed by atoms with van der Waals surface area (Å²) in [5, 5.41) is 11.1. The maximum Gasteiger partial charge on any atom is 0.313 e. The smallest absolute Gasteiger partial charge is 0.313 e. The number of hydrogen-bond acceptors (Lipinski definition) is 5. The number of hydrogen-bond donors (Lipinski definition) is 2. The molecule has 0 radical (unpaired) electrons. The molecule has 2 N–H and O–H groups in total. The summed E-state index contributed by atoms with van der Waals surface area (Å²) in [6.07, 6.45) is 1.50. The van der Waals surface area contributed by atoms with Gasteiger partial charge in [0.2, 0.25) is 0 Å². The molecule has 0 aromatic carbocycles. The van der Waals surface area contributed by atoms with Crippen molar-refractivity contribution in [2.24, 2.45) is 0 Å². The van der Waals surface area contributed by atoms with Crippen LogP contribution in [0.4, 0.5) is 0 Å². The molecule has 1 rings (SSSR count). The van der Waals surface area contributed by atoms with Gasteiger partial charge < -0.3 is 10.4 Å². The number of aliphatic carboxylic acids is 1. The Morgan fingerprint density at radius 2 is 2.17 bits per heavy atom. The van der Waals surface area contributed by atoms with E-state index in [0.29, 0.717) is 29.4 Å². The van der Waals surface area contributed by atoms with Gasteiger partial charge in [0.25, 0.3) is 5.91 Å². The van der Waals surface area contributed by atoms with Crippen molar-refractivity contribution in [3.8, 4) is 0 Å². The van der Waals surface area contributed by atoms with Crippen LogP contribution >= 0.6 is 11.8 Å². The zero-order valence-electron chi connectivity index (χ0n) is 10.3. The second-order valence-corrected chi connectivity index (χ2v) is 4.72. The molecule has 6 nitrogen and oxygen atoms in total. The SMILES string of the molecule is Cc1ncc(C(=O)NCCSCC(=O)O)c(C)n1. The average molecular weight is 269 g/mol. The van der Waals surface area contributed by atoms with Gasteiger partial charge in [-0.05, 0) is 13.8 Å². The van der Waals surface area contributed by atoms with E-state index >= 15 is 0 Å². The van der Waals surface area contributed by atoms with Crippen LogP contribution < -0.4 is 5.32 Å². The van der Waals surface area contributed by atoms with Crippen LogP contribution in [-0.4, -0.2) is 45.0 Å². The highest BCUT2D eigenvalue weighted by Crippen LogP contribution is 2.04. The Bertz CT molecular complexity index is 451. The number of aryl methyl sites for hydroxylation is 2. The molecule has 7 heteroatoms. The van der Waals surface area contributed by atoms with Crippen LogP contribution in [0, 0.1) is 13.8 Å². The van der Waals surface area contributed by atoms with Crippen molar-refractivity contribution in [2.75, 3.05) is 18.1 Å². The zero-order valence-corrected chi connectivity index (χ0v) is 11.1. The predicted molar refractivity (Wildman–Crippen MR) is 68.8 cm³/mol. The number of nitrogens with one attached hydrogen (secondary N) is 1. The van der Waals surface area contributed by atoms with Gasteiger partial charge in [0.15, 0.2) is 0 Å². The number of thioether (sulfide) groups is 1. The first-order valence-corrected chi connectivity index (χ1v) is 6.54. The number of carbonyl (C=O) groups is 2. The van der Waals surface area contributed by atoms with Crippen LogP contribution in [0.25, 0.3) is 0 Å². The molecule has 0 fully saturated rings. The molecule has 0 aliphatic rings. The Balaban J connectivity index is 2.39. The van der Waals surface area contributed by atoms with E-state index in [0.717, 1.165) is 0 Å². The van der Waals surface area contributed by atoms with Crippen LogP contribution in [0.3, 0.4) is 0 Å². The third kappa shape index (κ3) is 4.70. The first-order chi connectivity index (χ1) is 8.50. The highest BCUT2D eigenvalue weighted by atomic mass is 32.2. The summed E-state index contributed by atoms with van der Waals surface area (Å²) in [5.74, 6) is 0.144. The van der Waals surface area contributed by atoms with Crippen LogP contribution in [0.2, 0.25) is 0 Å². The Morgan fingerprint density at radius 1 is 1.44 bits per heavy atom. The van der Waals surface area contributed by atoms with E-state index < -0.39 is 5.97 Å². The molecule has 0 spiro atoms. The van der Waals surface area contributed by atoms with Gasteiger partial charge in [-0.25, -0.2) is 9.97 Å². The third-order valence-corrected chi connectivity index (χ3v) is 3.05. The topological polar surface area (TPSA) is 92.2 Å². The number of carbonyl (C=O) groups excluding carboxylic acids is 1. The Morgan fingerprint density at radius 3 is 2.78 bits per heavy atom.